The van der Waals surface area contributed by atoms with Crippen LogP contribution in [-0.2, 0) is 0 Å². The molecule has 2 aromatic heterocycles. The third kappa shape index (κ3) is 3.62. The van der Waals surface area contributed by atoms with Crippen LogP contribution >= 0.6 is 11.3 Å². The van der Waals surface area contributed by atoms with Crippen molar-refractivity contribution in [3.05, 3.63) is 151 Å². The Balaban J connectivity index is 1.17. The van der Waals surface area contributed by atoms with Crippen LogP contribution in [0.4, 0.5) is 0 Å². The van der Waals surface area contributed by atoms with Crippen LogP contribution < -0.4 is 5.32 Å². The topological polar surface area (TPSA) is 28.2 Å². The Bertz CT molecular complexity index is 2290. The largest absolute Gasteiger partial charge is 0.360 e. The summed E-state index contributed by atoms with van der Waals surface area (Å²) in [5.74, 6) is 0. The highest BCUT2D eigenvalue weighted by atomic mass is 32.1. The maximum atomic E-state index is 5.26. The second-order valence-corrected chi connectivity index (χ2v) is 12.0. The summed E-state index contributed by atoms with van der Waals surface area (Å²) in [5.41, 5.74) is 7.89. The molecule has 1 atom stereocenters. The first-order valence-corrected chi connectivity index (χ1v) is 15.1. The molecule has 4 heteroatoms. The average Bonchev–Trinajstić information content (AvgIpc) is 3.66. The van der Waals surface area contributed by atoms with Gasteiger partial charge in [-0.3, -0.25) is 0 Å². The number of pyridine rings is 1. The van der Waals surface area contributed by atoms with E-state index >= 15 is 0 Å². The fraction of sp³-hybridized carbons (Fsp3) is 0.0263. The fourth-order valence-corrected chi connectivity index (χ4v) is 7.67. The van der Waals surface area contributed by atoms with E-state index in [1.54, 1.807) is 0 Å². The lowest BCUT2D eigenvalue weighted by molar-refractivity contribution is 0.429. The number of para-hydroxylation sites is 1. The number of benzene rings is 5. The third-order valence-electron chi connectivity index (χ3n) is 8.43. The van der Waals surface area contributed by atoms with Crippen LogP contribution in [0.1, 0.15) is 11.1 Å². The quantitative estimate of drug-likeness (QED) is 0.220. The van der Waals surface area contributed by atoms with Gasteiger partial charge in [0.05, 0.1) is 16.9 Å². The fourth-order valence-electron chi connectivity index (χ4n) is 6.41. The first kappa shape index (κ1) is 23.5. The zero-order valence-corrected chi connectivity index (χ0v) is 23.5. The van der Waals surface area contributed by atoms with Crippen LogP contribution in [0, 0.1) is 0 Å². The molecule has 198 valence electrons. The summed E-state index contributed by atoms with van der Waals surface area (Å²) >= 11 is 1.88. The van der Waals surface area contributed by atoms with E-state index in [1.807, 2.05) is 11.3 Å². The zero-order valence-electron chi connectivity index (χ0n) is 22.7. The molecular formula is C38H25N3S. The van der Waals surface area contributed by atoms with Crippen molar-refractivity contribution in [2.75, 3.05) is 0 Å². The lowest BCUT2D eigenvalue weighted by atomic mass is 9.95. The second kappa shape index (κ2) is 9.16. The molecule has 3 nitrogen and oxygen atoms in total. The predicted molar refractivity (Wildman–Crippen MR) is 178 cm³/mol. The molecule has 4 heterocycles. The molecule has 0 radical (unpaired) electrons. The van der Waals surface area contributed by atoms with E-state index in [0.717, 1.165) is 22.5 Å². The standard InChI is InChI=1S/C38H25N3S/c1-2-9-24(10-3-1)33-23-41-20-19-26(22-35(41)39-33)25-11-8-12-27(21-25)37-31-18-17-29-28-13-5-7-16-34(28)42-38(29)36(31)30-14-4-6-15-32(30)40-37/h1-23,35,39H. The molecule has 0 spiro atoms. The van der Waals surface area contributed by atoms with Gasteiger partial charge in [0, 0.05) is 54.3 Å². The maximum absolute atomic E-state index is 5.26. The molecule has 0 fully saturated rings. The number of thiophene rings is 1. The molecule has 9 rings (SSSR count). The average molecular weight is 556 g/mol. The van der Waals surface area contributed by atoms with E-state index in [9.17, 15) is 0 Å². The Morgan fingerprint density at radius 1 is 0.667 bits per heavy atom. The number of nitrogens with one attached hydrogen (secondary N) is 1. The number of hydrogen-bond acceptors (Lipinski definition) is 4. The summed E-state index contributed by atoms with van der Waals surface area (Å²) in [7, 11) is 0. The highest BCUT2D eigenvalue weighted by molar-refractivity contribution is 7.26. The van der Waals surface area contributed by atoms with Gasteiger partial charge in [0.1, 0.15) is 6.17 Å². The number of hydrogen-bond donors (Lipinski definition) is 1. The predicted octanol–water partition coefficient (Wildman–Crippen LogP) is 9.56. The lowest BCUT2D eigenvalue weighted by Gasteiger charge is -2.24. The highest BCUT2D eigenvalue weighted by Gasteiger charge is 2.24. The summed E-state index contributed by atoms with van der Waals surface area (Å²) in [5, 5.41) is 10.00. The van der Waals surface area contributed by atoms with Gasteiger partial charge >= 0.3 is 0 Å². The van der Waals surface area contributed by atoms with Crippen molar-refractivity contribution in [1.29, 1.82) is 0 Å². The molecule has 42 heavy (non-hydrogen) atoms. The van der Waals surface area contributed by atoms with Crippen molar-refractivity contribution in [2.24, 2.45) is 0 Å². The Labute approximate surface area is 247 Å². The van der Waals surface area contributed by atoms with Gasteiger partial charge in [-0.25, -0.2) is 4.98 Å². The SMILES string of the molecule is C1=CN2C=C(c3ccccc3)NC2C=C1c1cccc(-c2nc3ccccc3c3c2ccc2c4ccccc4sc23)c1. The van der Waals surface area contributed by atoms with Crippen molar-refractivity contribution >= 4 is 64.5 Å². The molecule has 2 aliphatic rings. The molecule has 2 aliphatic heterocycles. The van der Waals surface area contributed by atoms with Gasteiger partial charge < -0.3 is 10.2 Å². The van der Waals surface area contributed by atoms with Crippen LogP contribution in [0.2, 0.25) is 0 Å². The minimum absolute atomic E-state index is 0.0877. The minimum Gasteiger partial charge on any atom is -0.360 e. The van der Waals surface area contributed by atoms with E-state index in [2.05, 4.69) is 150 Å². The number of fused-ring (bicyclic) bond motifs is 8. The number of aromatic nitrogens is 1. The zero-order chi connectivity index (χ0) is 27.6. The molecule has 0 aliphatic carbocycles. The first-order chi connectivity index (χ1) is 20.8. The Morgan fingerprint density at radius 3 is 2.36 bits per heavy atom. The minimum atomic E-state index is 0.0877. The summed E-state index contributed by atoms with van der Waals surface area (Å²) in [6.45, 7) is 0. The van der Waals surface area contributed by atoms with Gasteiger partial charge in [-0.05, 0) is 47.1 Å². The van der Waals surface area contributed by atoms with E-state index in [1.165, 1.54) is 53.0 Å². The number of nitrogens with zero attached hydrogens (tertiary/aromatic N) is 2. The molecule has 5 aromatic carbocycles. The monoisotopic (exact) mass is 555 g/mol. The Kier molecular flexibility index (Phi) is 5.13. The molecule has 0 saturated carbocycles. The van der Waals surface area contributed by atoms with E-state index in [-0.39, 0.29) is 6.17 Å². The van der Waals surface area contributed by atoms with Crippen molar-refractivity contribution in [1.82, 2.24) is 15.2 Å². The van der Waals surface area contributed by atoms with Crippen LogP contribution in [0.25, 0.3) is 64.4 Å². The van der Waals surface area contributed by atoms with Gasteiger partial charge in [0.2, 0.25) is 0 Å². The van der Waals surface area contributed by atoms with Gasteiger partial charge in [-0.2, -0.15) is 0 Å². The molecule has 1 unspecified atom stereocenters. The summed E-state index contributed by atoms with van der Waals surface area (Å²) in [6.07, 6.45) is 8.94. The van der Waals surface area contributed by atoms with Crippen molar-refractivity contribution in [2.45, 2.75) is 6.17 Å². The van der Waals surface area contributed by atoms with Gasteiger partial charge in [-0.1, -0.05) is 97.1 Å². The van der Waals surface area contributed by atoms with Crippen molar-refractivity contribution in [3.63, 3.8) is 0 Å². The molecule has 7 aromatic rings. The van der Waals surface area contributed by atoms with Crippen LogP contribution in [0.15, 0.2) is 140 Å². The molecule has 0 amide bonds. The van der Waals surface area contributed by atoms with Crippen LogP contribution in [0.5, 0.6) is 0 Å². The van der Waals surface area contributed by atoms with E-state index in [4.69, 9.17) is 4.98 Å². The number of allylic oxidation sites excluding steroid dienone is 2. The van der Waals surface area contributed by atoms with Gasteiger partial charge in [-0.15, -0.1) is 11.3 Å². The lowest BCUT2D eigenvalue weighted by Crippen LogP contribution is -2.32. The van der Waals surface area contributed by atoms with E-state index in [0.29, 0.717) is 0 Å². The maximum Gasteiger partial charge on any atom is 0.123 e. The molecule has 1 N–H and O–H groups in total. The summed E-state index contributed by atoms with van der Waals surface area (Å²) in [6, 6.07) is 41.2. The molecular weight excluding hydrogens is 531 g/mol. The summed E-state index contributed by atoms with van der Waals surface area (Å²) in [4.78, 5) is 7.48. The smallest absolute Gasteiger partial charge is 0.123 e. The number of rotatable bonds is 3. The van der Waals surface area contributed by atoms with Gasteiger partial charge in [0.25, 0.3) is 0 Å². The van der Waals surface area contributed by atoms with Crippen LogP contribution in [-0.4, -0.2) is 16.0 Å². The van der Waals surface area contributed by atoms with Crippen molar-refractivity contribution < 1.29 is 0 Å². The van der Waals surface area contributed by atoms with Crippen LogP contribution in [0.3, 0.4) is 0 Å². The van der Waals surface area contributed by atoms with E-state index < -0.39 is 0 Å². The first-order valence-electron chi connectivity index (χ1n) is 14.2. The van der Waals surface area contributed by atoms with Gasteiger partial charge in [0.15, 0.2) is 0 Å². The molecule has 0 saturated heterocycles. The Hall–Kier alpha value is -5.19. The second-order valence-electron chi connectivity index (χ2n) is 10.9. The van der Waals surface area contributed by atoms with Crippen molar-refractivity contribution in [3.8, 4) is 11.3 Å². The normalized spacial score (nSPS) is 16.2. The molecule has 0 bridgehead atoms. The third-order valence-corrected chi connectivity index (χ3v) is 9.63. The summed E-state index contributed by atoms with van der Waals surface area (Å²) < 4.78 is 2.65. The highest BCUT2D eigenvalue weighted by Crippen LogP contribution is 2.43. The Morgan fingerprint density at radius 2 is 1.43 bits per heavy atom.